The molecule has 0 aromatic heterocycles. The third-order valence-electron chi connectivity index (χ3n) is 3.53. The third-order valence-corrected chi connectivity index (χ3v) is 4.66. The maximum absolute atomic E-state index is 11.5. The molecule has 112 valence electrons. The van der Waals surface area contributed by atoms with Crippen LogP contribution in [0, 0.1) is 0 Å². The first kappa shape index (κ1) is 15.7. The van der Waals surface area contributed by atoms with E-state index in [0.717, 1.165) is 17.5 Å². The monoisotopic (exact) mass is 304 g/mol. The molecule has 0 fully saturated rings. The highest BCUT2D eigenvalue weighted by molar-refractivity contribution is 7.90. The first-order valence-corrected chi connectivity index (χ1v) is 8.70. The number of hydrogen-bond donors (Lipinski definition) is 2. The molecule has 0 amide bonds. The summed E-state index contributed by atoms with van der Waals surface area (Å²) in [4.78, 5) is 0.309. The zero-order valence-corrected chi connectivity index (χ0v) is 13.0. The van der Waals surface area contributed by atoms with Gasteiger partial charge >= 0.3 is 0 Å². The summed E-state index contributed by atoms with van der Waals surface area (Å²) in [7, 11) is -3.18. The third kappa shape index (κ3) is 3.69. The van der Waals surface area contributed by atoms with Crippen LogP contribution in [0.5, 0.6) is 0 Å². The number of benzene rings is 2. The van der Waals surface area contributed by atoms with Crippen LogP contribution in [0.2, 0.25) is 0 Å². The predicted octanol–water partition coefficient (Wildman–Crippen LogP) is 2.21. The quantitative estimate of drug-likeness (QED) is 0.656. The van der Waals surface area contributed by atoms with Crippen LogP contribution in [0.15, 0.2) is 53.4 Å². The van der Waals surface area contributed by atoms with Crippen molar-refractivity contribution in [3.8, 4) is 0 Å². The van der Waals surface area contributed by atoms with E-state index in [2.05, 4.69) is 24.5 Å². The largest absolute Gasteiger partial charge is 0.271 e. The molecule has 0 saturated heterocycles. The van der Waals surface area contributed by atoms with Crippen LogP contribution < -0.4 is 11.3 Å². The lowest BCUT2D eigenvalue weighted by Crippen LogP contribution is -2.28. The summed E-state index contributed by atoms with van der Waals surface area (Å²) in [6, 6.07) is 14.8. The van der Waals surface area contributed by atoms with Crippen molar-refractivity contribution in [2.24, 2.45) is 5.84 Å². The fourth-order valence-electron chi connectivity index (χ4n) is 2.24. The van der Waals surface area contributed by atoms with Crippen LogP contribution >= 0.6 is 0 Å². The summed E-state index contributed by atoms with van der Waals surface area (Å²) < 4.78 is 23.0. The van der Waals surface area contributed by atoms with Gasteiger partial charge in [0.2, 0.25) is 0 Å². The van der Waals surface area contributed by atoms with Crippen molar-refractivity contribution < 1.29 is 8.42 Å². The van der Waals surface area contributed by atoms with Gasteiger partial charge in [0.15, 0.2) is 9.84 Å². The first-order valence-electron chi connectivity index (χ1n) is 6.80. The van der Waals surface area contributed by atoms with Crippen LogP contribution in [-0.2, 0) is 16.3 Å². The number of nitrogens with two attached hydrogens (primary N) is 1. The highest BCUT2D eigenvalue weighted by atomic mass is 32.2. The fraction of sp³-hybridized carbons (Fsp3) is 0.250. The molecule has 21 heavy (non-hydrogen) atoms. The molecule has 0 heterocycles. The molecular formula is C16H20N2O2S. The molecule has 0 spiro atoms. The summed E-state index contributed by atoms with van der Waals surface area (Å²) in [5.74, 6) is 5.66. The summed E-state index contributed by atoms with van der Waals surface area (Å²) in [5, 5.41) is 0. The maximum atomic E-state index is 11.5. The molecule has 0 saturated carbocycles. The van der Waals surface area contributed by atoms with E-state index >= 15 is 0 Å². The van der Waals surface area contributed by atoms with Crippen LogP contribution in [0.3, 0.4) is 0 Å². The normalized spacial score (nSPS) is 13.1. The predicted molar refractivity (Wildman–Crippen MR) is 84.5 cm³/mol. The van der Waals surface area contributed by atoms with Gasteiger partial charge in [-0.3, -0.25) is 5.84 Å². The van der Waals surface area contributed by atoms with Gasteiger partial charge in [-0.25, -0.2) is 13.8 Å². The summed E-state index contributed by atoms with van der Waals surface area (Å²) in [6.45, 7) is 2.11. The van der Waals surface area contributed by atoms with Crippen LogP contribution in [-0.4, -0.2) is 14.7 Å². The van der Waals surface area contributed by atoms with E-state index in [9.17, 15) is 8.42 Å². The van der Waals surface area contributed by atoms with Gasteiger partial charge < -0.3 is 0 Å². The number of sulfone groups is 1. The molecule has 1 atom stereocenters. The Hall–Kier alpha value is -1.69. The van der Waals surface area contributed by atoms with Gasteiger partial charge in [0, 0.05) is 6.26 Å². The van der Waals surface area contributed by atoms with Gasteiger partial charge in [-0.2, -0.15) is 0 Å². The van der Waals surface area contributed by atoms with E-state index in [0.29, 0.717) is 4.90 Å². The van der Waals surface area contributed by atoms with E-state index in [4.69, 9.17) is 5.84 Å². The zero-order chi connectivity index (χ0) is 15.5. The molecule has 3 N–H and O–H groups in total. The minimum atomic E-state index is -3.18. The van der Waals surface area contributed by atoms with Gasteiger partial charge in [0.05, 0.1) is 10.9 Å². The van der Waals surface area contributed by atoms with Crippen molar-refractivity contribution in [2.45, 2.75) is 24.3 Å². The summed E-state index contributed by atoms with van der Waals surface area (Å²) in [6.07, 6.45) is 2.19. The van der Waals surface area contributed by atoms with Crippen LogP contribution in [0.4, 0.5) is 0 Å². The molecule has 0 aliphatic heterocycles. The molecule has 2 aromatic carbocycles. The molecule has 0 bridgehead atoms. The Morgan fingerprint density at radius 2 is 1.48 bits per heavy atom. The molecular weight excluding hydrogens is 284 g/mol. The molecule has 1 unspecified atom stereocenters. The van der Waals surface area contributed by atoms with E-state index in [1.54, 1.807) is 24.3 Å². The van der Waals surface area contributed by atoms with Crippen molar-refractivity contribution in [3.63, 3.8) is 0 Å². The van der Waals surface area contributed by atoms with Crippen molar-refractivity contribution in [1.82, 2.24) is 5.43 Å². The molecule has 0 aliphatic rings. The number of hydrogen-bond acceptors (Lipinski definition) is 4. The number of nitrogens with one attached hydrogen (secondary N) is 1. The van der Waals surface area contributed by atoms with Gasteiger partial charge in [-0.15, -0.1) is 0 Å². The van der Waals surface area contributed by atoms with E-state index in [1.165, 1.54) is 11.8 Å². The lowest BCUT2D eigenvalue weighted by molar-refractivity contribution is 0.601. The Morgan fingerprint density at radius 3 is 1.86 bits per heavy atom. The second-order valence-electron chi connectivity index (χ2n) is 5.04. The van der Waals surface area contributed by atoms with Crippen molar-refractivity contribution in [2.75, 3.05) is 6.26 Å². The van der Waals surface area contributed by atoms with Gasteiger partial charge in [-0.1, -0.05) is 43.3 Å². The Balaban J connectivity index is 2.32. The topological polar surface area (TPSA) is 72.2 Å². The zero-order valence-electron chi connectivity index (χ0n) is 12.2. The Bertz CT molecular complexity index is 692. The smallest absolute Gasteiger partial charge is 0.175 e. The highest BCUT2D eigenvalue weighted by Gasteiger charge is 2.14. The van der Waals surface area contributed by atoms with Crippen molar-refractivity contribution >= 4 is 9.84 Å². The standard InChI is InChI=1S/C16H20N2O2S/c1-3-12-4-6-13(7-5-12)16(18-17)14-8-10-15(11-9-14)21(2,19)20/h4-11,16,18H,3,17H2,1-2H3. The van der Waals surface area contributed by atoms with Gasteiger partial charge in [0.1, 0.15) is 0 Å². The number of hydrazine groups is 1. The average Bonchev–Trinajstić information content (AvgIpc) is 2.48. The first-order chi connectivity index (χ1) is 9.95. The molecule has 2 rings (SSSR count). The molecule has 0 radical (unpaired) electrons. The van der Waals surface area contributed by atoms with E-state index in [-0.39, 0.29) is 6.04 Å². The number of rotatable bonds is 5. The Kier molecular flexibility index (Phi) is 4.77. The summed E-state index contributed by atoms with van der Waals surface area (Å²) in [5.41, 5.74) is 6.02. The minimum absolute atomic E-state index is 0.162. The van der Waals surface area contributed by atoms with Crippen molar-refractivity contribution in [1.29, 1.82) is 0 Å². The van der Waals surface area contributed by atoms with E-state index in [1.807, 2.05) is 12.1 Å². The molecule has 4 nitrogen and oxygen atoms in total. The van der Waals surface area contributed by atoms with Crippen LogP contribution in [0.25, 0.3) is 0 Å². The van der Waals surface area contributed by atoms with Crippen molar-refractivity contribution in [3.05, 3.63) is 65.2 Å². The fourth-order valence-corrected chi connectivity index (χ4v) is 2.87. The Morgan fingerprint density at radius 1 is 1.00 bits per heavy atom. The molecule has 5 heteroatoms. The minimum Gasteiger partial charge on any atom is -0.271 e. The highest BCUT2D eigenvalue weighted by Crippen LogP contribution is 2.23. The van der Waals surface area contributed by atoms with E-state index < -0.39 is 9.84 Å². The molecule has 2 aromatic rings. The van der Waals surface area contributed by atoms with Gasteiger partial charge in [0.25, 0.3) is 0 Å². The lowest BCUT2D eigenvalue weighted by atomic mass is 9.98. The lowest BCUT2D eigenvalue weighted by Gasteiger charge is -2.17. The Labute approximate surface area is 125 Å². The maximum Gasteiger partial charge on any atom is 0.175 e. The number of aryl methyl sites for hydroxylation is 1. The second-order valence-corrected chi connectivity index (χ2v) is 7.05. The average molecular weight is 304 g/mol. The molecule has 0 aliphatic carbocycles. The second kappa shape index (κ2) is 6.39. The summed E-state index contributed by atoms with van der Waals surface area (Å²) >= 11 is 0. The SMILES string of the molecule is CCc1ccc(C(NN)c2ccc(S(C)(=O)=O)cc2)cc1. The van der Waals surface area contributed by atoms with Crippen LogP contribution in [0.1, 0.15) is 29.7 Å². The van der Waals surface area contributed by atoms with Gasteiger partial charge in [-0.05, 0) is 35.2 Å².